The molecule has 0 radical (unpaired) electrons. The van der Waals surface area contributed by atoms with Crippen LogP contribution in [0, 0.1) is 0 Å². The van der Waals surface area contributed by atoms with Crippen LogP contribution in [0.15, 0.2) is 24.5 Å². The number of carbonyl (C=O) groups excluding carboxylic acids is 1. The van der Waals surface area contributed by atoms with Crippen LogP contribution in [0.5, 0.6) is 0 Å². The van der Waals surface area contributed by atoms with Crippen molar-refractivity contribution in [3.63, 3.8) is 0 Å². The van der Waals surface area contributed by atoms with Crippen LogP contribution >= 0.6 is 0 Å². The summed E-state index contributed by atoms with van der Waals surface area (Å²) in [6.07, 6.45) is 4.21. The highest BCUT2D eigenvalue weighted by Crippen LogP contribution is 1.97. The third kappa shape index (κ3) is 4.56. The van der Waals surface area contributed by atoms with E-state index < -0.39 is 0 Å². The molecule has 0 amide bonds. The van der Waals surface area contributed by atoms with Crippen LogP contribution in [0.3, 0.4) is 0 Å². The molecule has 1 rings (SSSR count). The number of ether oxygens (including phenoxy) is 1. The highest BCUT2D eigenvalue weighted by molar-refractivity contribution is 5.88. The minimum Gasteiger partial charge on any atom is -0.461 e. The van der Waals surface area contributed by atoms with Crippen molar-refractivity contribution in [1.82, 2.24) is 10.3 Å². The van der Waals surface area contributed by atoms with Gasteiger partial charge in [-0.25, -0.2) is 4.79 Å². The Kier molecular flexibility index (Phi) is 5.40. The topological polar surface area (TPSA) is 51.2 Å². The Morgan fingerprint density at radius 1 is 1.53 bits per heavy atom. The van der Waals surface area contributed by atoms with E-state index in [0.29, 0.717) is 18.7 Å². The Balaban J connectivity index is 2.20. The fraction of sp³-hybridized carbons (Fsp3) is 0.455. The molecular weight excluding hydrogens is 192 g/mol. The first-order chi connectivity index (χ1) is 7.34. The molecule has 4 nitrogen and oxygen atoms in total. The van der Waals surface area contributed by atoms with E-state index in [1.54, 1.807) is 18.3 Å². The molecule has 15 heavy (non-hydrogen) atoms. The molecule has 0 aliphatic rings. The number of carbonyl (C=O) groups is 1. The normalized spacial score (nSPS) is 9.93. The van der Waals surface area contributed by atoms with Crippen molar-refractivity contribution < 1.29 is 9.53 Å². The van der Waals surface area contributed by atoms with Crippen molar-refractivity contribution in [2.24, 2.45) is 0 Å². The summed E-state index contributed by atoms with van der Waals surface area (Å²) in [6, 6.07) is 3.40. The molecule has 0 saturated carbocycles. The number of esters is 1. The van der Waals surface area contributed by atoms with Gasteiger partial charge in [-0.05, 0) is 25.1 Å². The molecule has 1 N–H and O–H groups in total. The molecule has 0 unspecified atom stereocenters. The van der Waals surface area contributed by atoms with E-state index in [-0.39, 0.29) is 5.97 Å². The van der Waals surface area contributed by atoms with Crippen LogP contribution in [0.1, 0.15) is 23.7 Å². The fourth-order valence-corrected chi connectivity index (χ4v) is 1.08. The lowest BCUT2D eigenvalue weighted by Crippen LogP contribution is -2.22. The third-order valence-corrected chi connectivity index (χ3v) is 1.84. The second-order valence-electron chi connectivity index (χ2n) is 3.13. The Morgan fingerprint density at radius 2 is 2.40 bits per heavy atom. The maximum absolute atomic E-state index is 11.4. The van der Waals surface area contributed by atoms with Crippen LogP contribution < -0.4 is 5.32 Å². The number of nitrogens with zero attached hydrogens (tertiary/aromatic N) is 1. The van der Waals surface area contributed by atoms with Gasteiger partial charge in [-0.15, -0.1) is 0 Å². The number of rotatable bonds is 6. The molecule has 0 aliphatic carbocycles. The molecule has 0 atom stereocenters. The molecule has 82 valence electrons. The zero-order valence-electron chi connectivity index (χ0n) is 8.90. The van der Waals surface area contributed by atoms with Crippen molar-refractivity contribution in [3.05, 3.63) is 30.1 Å². The van der Waals surface area contributed by atoms with Crippen molar-refractivity contribution in [2.75, 3.05) is 19.7 Å². The lowest BCUT2D eigenvalue weighted by molar-refractivity contribution is 0.0508. The summed E-state index contributed by atoms with van der Waals surface area (Å²) in [7, 11) is 0. The zero-order valence-corrected chi connectivity index (χ0v) is 8.90. The Labute approximate surface area is 89.7 Å². The minimum absolute atomic E-state index is 0.318. The predicted octanol–water partition coefficient (Wildman–Crippen LogP) is 1.24. The van der Waals surface area contributed by atoms with Gasteiger partial charge in [0.15, 0.2) is 0 Å². The molecule has 4 heteroatoms. The van der Waals surface area contributed by atoms with E-state index in [2.05, 4.69) is 17.2 Å². The van der Waals surface area contributed by atoms with Gasteiger partial charge in [-0.2, -0.15) is 0 Å². The first-order valence-electron chi connectivity index (χ1n) is 5.12. The van der Waals surface area contributed by atoms with E-state index >= 15 is 0 Å². The monoisotopic (exact) mass is 208 g/mol. The van der Waals surface area contributed by atoms with Gasteiger partial charge < -0.3 is 10.1 Å². The number of pyridine rings is 1. The second-order valence-corrected chi connectivity index (χ2v) is 3.13. The highest BCUT2D eigenvalue weighted by atomic mass is 16.5. The first-order valence-corrected chi connectivity index (χ1v) is 5.12. The predicted molar refractivity (Wildman–Crippen MR) is 57.7 cm³/mol. The summed E-state index contributed by atoms with van der Waals surface area (Å²) < 4.78 is 5.03. The molecule has 0 fully saturated rings. The molecule has 0 bridgehead atoms. The maximum Gasteiger partial charge on any atom is 0.339 e. The van der Waals surface area contributed by atoms with Crippen LogP contribution in [0.4, 0.5) is 0 Å². The summed E-state index contributed by atoms with van der Waals surface area (Å²) in [5, 5.41) is 3.15. The van der Waals surface area contributed by atoms with Crippen molar-refractivity contribution in [3.8, 4) is 0 Å². The fourth-order valence-electron chi connectivity index (χ4n) is 1.08. The molecule has 0 aliphatic heterocycles. The van der Waals surface area contributed by atoms with E-state index in [1.165, 1.54) is 6.20 Å². The summed E-state index contributed by atoms with van der Waals surface area (Å²) in [4.78, 5) is 15.2. The van der Waals surface area contributed by atoms with Gasteiger partial charge in [0, 0.05) is 18.9 Å². The van der Waals surface area contributed by atoms with Gasteiger partial charge in [0.25, 0.3) is 0 Å². The molecule has 1 aromatic heterocycles. The summed E-state index contributed by atoms with van der Waals surface area (Å²) in [5.74, 6) is -0.318. The standard InChI is InChI=1S/C11H16N2O2/c1-2-5-12-7-8-15-11(14)10-4-3-6-13-9-10/h3-4,6,9,12H,2,5,7-8H2,1H3. The quantitative estimate of drug-likeness (QED) is 0.564. The lowest BCUT2D eigenvalue weighted by atomic mass is 10.3. The van der Waals surface area contributed by atoms with Crippen LogP contribution in [0.25, 0.3) is 0 Å². The van der Waals surface area contributed by atoms with E-state index in [1.807, 2.05) is 0 Å². The summed E-state index contributed by atoms with van der Waals surface area (Å²) >= 11 is 0. The smallest absolute Gasteiger partial charge is 0.339 e. The van der Waals surface area contributed by atoms with Crippen LogP contribution in [0.2, 0.25) is 0 Å². The van der Waals surface area contributed by atoms with Crippen LogP contribution in [-0.2, 0) is 4.74 Å². The molecule has 1 heterocycles. The van der Waals surface area contributed by atoms with Gasteiger partial charge in [-0.3, -0.25) is 4.98 Å². The highest BCUT2D eigenvalue weighted by Gasteiger charge is 2.05. The average molecular weight is 208 g/mol. The first kappa shape index (κ1) is 11.7. The summed E-state index contributed by atoms with van der Waals surface area (Å²) in [6.45, 7) is 4.13. The Hall–Kier alpha value is -1.42. The third-order valence-electron chi connectivity index (χ3n) is 1.84. The van der Waals surface area contributed by atoms with Crippen molar-refractivity contribution in [2.45, 2.75) is 13.3 Å². The van der Waals surface area contributed by atoms with Crippen LogP contribution in [-0.4, -0.2) is 30.6 Å². The van der Waals surface area contributed by atoms with Gasteiger partial charge in [0.05, 0.1) is 5.56 Å². The number of hydrogen-bond acceptors (Lipinski definition) is 4. The SMILES string of the molecule is CCCNCCOC(=O)c1cccnc1. The second kappa shape index (κ2) is 6.95. The Bertz CT molecular complexity index is 288. The van der Waals surface area contributed by atoms with Gasteiger partial charge in [0.1, 0.15) is 6.61 Å². The molecule has 0 saturated heterocycles. The van der Waals surface area contributed by atoms with Crippen molar-refractivity contribution >= 4 is 5.97 Å². The largest absolute Gasteiger partial charge is 0.461 e. The number of hydrogen-bond donors (Lipinski definition) is 1. The minimum atomic E-state index is -0.318. The average Bonchev–Trinajstić information content (AvgIpc) is 2.30. The van der Waals surface area contributed by atoms with E-state index in [0.717, 1.165) is 13.0 Å². The molecule has 1 aromatic rings. The lowest BCUT2D eigenvalue weighted by Gasteiger charge is -2.05. The van der Waals surface area contributed by atoms with Crippen molar-refractivity contribution in [1.29, 1.82) is 0 Å². The number of nitrogens with one attached hydrogen (secondary N) is 1. The van der Waals surface area contributed by atoms with Gasteiger partial charge in [-0.1, -0.05) is 6.92 Å². The van der Waals surface area contributed by atoms with E-state index in [9.17, 15) is 4.79 Å². The van der Waals surface area contributed by atoms with Gasteiger partial charge >= 0.3 is 5.97 Å². The molecule has 0 aromatic carbocycles. The Morgan fingerprint density at radius 3 is 3.07 bits per heavy atom. The molecular formula is C11H16N2O2. The van der Waals surface area contributed by atoms with Gasteiger partial charge in [0.2, 0.25) is 0 Å². The van der Waals surface area contributed by atoms with E-state index in [4.69, 9.17) is 4.74 Å². The zero-order chi connectivity index (χ0) is 10.9. The molecule has 0 spiro atoms. The summed E-state index contributed by atoms with van der Waals surface area (Å²) in [5.41, 5.74) is 0.494. The number of aromatic nitrogens is 1. The maximum atomic E-state index is 11.4.